The molecule has 0 bridgehead atoms. The van der Waals surface area contributed by atoms with Crippen LogP contribution in [0.1, 0.15) is 53.4 Å². The summed E-state index contributed by atoms with van der Waals surface area (Å²) in [5.74, 6) is 5.24. The molecule has 1 heteroatoms. The Labute approximate surface area is 107 Å². The maximum Gasteiger partial charge on any atom is -0.00721 e. The van der Waals surface area contributed by atoms with Crippen LogP contribution >= 0.6 is 0 Å². The van der Waals surface area contributed by atoms with Crippen molar-refractivity contribution in [2.45, 2.75) is 53.4 Å². The van der Waals surface area contributed by atoms with Gasteiger partial charge in [0.1, 0.15) is 0 Å². The molecule has 3 fully saturated rings. The summed E-state index contributed by atoms with van der Waals surface area (Å²) >= 11 is 0. The average molecular weight is 235 g/mol. The van der Waals surface area contributed by atoms with E-state index in [-0.39, 0.29) is 0 Å². The van der Waals surface area contributed by atoms with Crippen molar-refractivity contribution in [3.05, 3.63) is 0 Å². The highest BCUT2D eigenvalue weighted by atomic mass is 14.7. The van der Waals surface area contributed by atoms with Gasteiger partial charge in [-0.25, -0.2) is 0 Å². The zero-order valence-electron chi connectivity index (χ0n) is 12.0. The Balaban J connectivity index is 1.64. The highest BCUT2D eigenvalue weighted by Crippen LogP contribution is 2.72. The van der Waals surface area contributed by atoms with E-state index in [1.165, 1.54) is 12.8 Å². The lowest BCUT2D eigenvalue weighted by molar-refractivity contribution is 0.107. The smallest absolute Gasteiger partial charge is 0.00721 e. The van der Waals surface area contributed by atoms with Crippen molar-refractivity contribution in [3.8, 4) is 0 Å². The van der Waals surface area contributed by atoms with Crippen LogP contribution in [0.15, 0.2) is 0 Å². The predicted octanol–water partition coefficient (Wildman–Crippen LogP) is 3.68. The molecule has 0 spiro atoms. The molecule has 0 aromatic carbocycles. The van der Waals surface area contributed by atoms with E-state index in [0.29, 0.717) is 10.8 Å². The van der Waals surface area contributed by atoms with Gasteiger partial charge in [0.05, 0.1) is 0 Å². The van der Waals surface area contributed by atoms with Crippen LogP contribution < -0.4 is 5.73 Å². The number of rotatable bonds is 5. The summed E-state index contributed by atoms with van der Waals surface area (Å²) in [6.45, 7) is 10.8. The van der Waals surface area contributed by atoms with Crippen LogP contribution in [0.25, 0.3) is 0 Å². The fourth-order valence-electron chi connectivity index (χ4n) is 5.06. The molecular weight excluding hydrogens is 206 g/mol. The van der Waals surface area contributed by atoms with Gasteiger partial charge in [0.2, 0.25) is 0 Å². The molecular formula is C16H29N. The van der Waals surface area contributed by atoms with Gasteiger partial charge in [-0.1, -0.05) is 27.7 Å². The molecule has 0 aliphatic heterocycles. The van der Waals surface area contributed by atoms with Gasteiger partial charge in [0.15, 0.2) is 0 Å². The van der Waals surface area contributed by atoms with E-state index >= 15 is 0 Å². The van der Waals surface area contributed by atoms with Crippen molar-refractivity contribution < 1.29 is 0 Å². The van der Waals surface area contributed by atoms with Gasteiger partial charge in [-0.15, -0.1) is 0 Å². The van der Waals surface area contributed by atoms with Crippen LogP contribution in [0, 0.1) is 40.4 Å². The second-order valence-electron chi connectivity index (χ2n) is 8.14. The Morgan fingerprint density at radius 2 is 2.06 bits per heavy atom. The molecule has 0 radical (unpaired) electrons. The molecule has 6 unspecified atom stereocenters. The highest BCUT2D eigenvalue weighted by molar-refractivity contribution is 5.14. The summed E-state index contributed by atoms with van der Waals surface area (Å²) in [5, 5.41) is 0. The van der Waals surface area contributed by atoms with Gasteiger partial charge < -0.3 is 5.73 Å². The minimum Gasteiger partial charge on any atom is -0.330 e. The van der Waals surface area contributed by atoms with E-state index in [0.717, 1.165) is 36.1 Å². The molecule has 3 aliphatic carbocycles. The lowest BCUT2D eigenvalue weighted by atomic mass is 9.67. The number of fused-ring (bicyclic) bond motifs is 1. The Hall–Kier alpha value is -0.0400. The lowest BCUT2D eigenvalue weighted by Gasteiger charge is -2.38. The summed E-state index contributed by atoms with van der Waals surface area (Å²) in [5.41, 5.74) is 6.87. The first-order chi connectivity index (χ1) is 7.90. The molecule has 1 nitrogen and oxygen atoms in total. The van der Waals surface area contributed by atoms with Gasteiger partial charge in [-0.05, 0) is 72.6 Å². The fourth-order valence-corrected chi connectivity index (χ4v) is 5.06. The predicted molar refractivity (Wildman–Crippen MR) is 72.5 cm³/mol. The van der Waals surface area contributed by atoms with E-state index in [4.69, 9.17) is 5.73 Å². The van der Waals surface area contributed by atoms with Crippen molar-refractivity contribution in [1.29, 1.82) is 0 Å². The molecule has 98 valence electrons. The fraction of sp³-hybridized carbons (Fsp3) is 1.00. The first-order valence-corrected chi connectivity index (χ1v) is 7.60. The third-order valence-corrected chi connectivity index (χ3v) is 6.80. The summed E-state index contributed by atoms with van der Waals surface area (Å²) in [6, 6.07) is 0. The minimum atomic E-state index is 0.463. The monoisotopic (exact) mass is 235 g/mol. The molecule has 0 saturated heterocycles. The Morgan fingerprint density at radius 1 is 1.35 bits per heavy atom. The molecule has 17 heavy (non-hydrogen) atoms. The molecule has 3 rings (SSSR count). The van der Waals surface area contributed by atoms with Gasteiger partial charge in [-0.2, -0.15) is 0 Å². The first kappa shape index (κ1) is 12.0. The van der Waals surface area contributed by atoms with Crippen LogP contribution in [0.2, 0.25) is 0 Å². The normalized spacial score (nSPS) is 49.2. The zero-order chi connectivity index (χ0) is 12.4. The van der Waals surface area contributed by atoms with E-state index in [1.54, 1.807) is 12.8 Å². The van der Waals surface area contributed by atoms with Crippen LogP contribution in [0.4, 0.5) is 0 Å². The average Bonchev–Trinajstić information content (AvgIpc) is 3.05. The molecule has 6 atom stereocenters. The van der Waals surface area contributed by atoms with Crippen LogP contribution in [-0.4, -0.2) is 6.54 Å². The summed E-state index contributed by atoms with van der Waals surface area (Å²) in [4.78, 5) is 0. The molecule has 0 aromatic heterocycles. The first-order valence-electron chi connectivity index (χ1n) is 7.60. The van der Waals surface area contributed by atoms with Crippen LogP contribution in [0.3, 0.4) is 0 Å². The Morgan fingerprint density at radius 3 is 2.53 bits per heavy atom. The molecule has 3 saturated carbocycles. The van der Waals surface area contributed by atoms with Crippen molar-refractivity contribution in [2.24, 2.45) is 46.2 Å². The van der Waals surface area contributed by atoms with Gasteiger partial charge in [-0.3, -0.25) is 0 Å². The van der Waals surface area contributed by atoms with E-state index in [9.17, 15) is 0 Å². The summed E-state index contributed by atoms with van der Waals surface area (Å²) in [6.07, 6.45) is 5.75. The second-order valence-corrected chi connectivity index (χ2v) is 8.14. The van der Waals surface area contributed by atoms with Crippen molar-refractivity contribution in [1.82, 2.24) is 0 Å². The SMILES string of the molecule is CC(C1CC2CC21)C1(C)CC1C(C)(C)CCN. The Kier molecular flexibility index (Phi) is 2.47. The summed E-state index contributed by atoms with van der Waals surface area (Å²) in [7, 11) is 0. The third kappa shape index (κ3) is 1.69. The largest absolute Gasteiger partial charge is 0.330 e. The molecule has 0 amide bonds. The molecule has 2 N–H and O–H groups in total. The summed E-state index contributed by atoms with van der Waals surface area (Å²) < 4.78 is 0. The molecule has 3 aliphatic rings. The highest BCUT2D eigenvalue weighted by Gasteiger charge is 2.65. The quantitative estimate of drug-likeness (QED) is 0.773. The topological polar surface area (TPSA) is 26.0 Å². The standard InChI is InChI=1S/C16H29N/c1-10(12-7-11-8-13(11)12)16(4)9-14(16)15(2,3)5-6-17/h10-14H,5-9,17H2,1-4H3. The van der Waals surface area contributed by atoms with Crippen molar-refractivity contribution in [2.75, 3.05) is 6.54 Å². The maximum absolute atomic E-state index is 5.77. The minimum absolute atomic E-state index is 0.463. The van der Waals surface area contributed by atoms with Gasteiger partial charge >= 0.3 is 0 Å². The van der Waals surface area contributed by atoms with Crippen LogP contribution in [0.5, 0.6) is 0 Å². The Bertz CT molecular complexity index is 321. The van der Waals surface area contributed by atoms with Gasteiger partial charge in [0.25, 0.3) is 0 Å². The molecule has 0 heterocycles. The lowest BCUT2D eigenvalue weighted by Crippen LogP contribution is -2.32. The number of hydrogen-bond donors (Lipinski definition) is 1. The molecule has 0 aromatic rings. The van der Waals surface area contributed by atoms with Crippen molar-refractivity contribution in [3.63, 3.8) is 0 Å². The van der Waals surface area contributed by atoms with E-state index < -0.39 is 0 Å². The third-order valence-electron chi connectivity index (χ3n) is 6.80. The second kappa shape index (κ2) is 3.50. The van der Waals surface area contributed by atoms with E-state index in [2.05, 4.69) is 27.7 Å². The zero-order valence-corrected chi connectivity index (χ0v) is 12.0. The number of hydrogen-bond acceptors (Lipinski definition) is 1. The van der Waals surface area contributed by atoms with Crippen molar-refractivity contribution >= 4 is 0 Å². The number of nitrogens with two attached hydrogens (primary N) is 1. The van der Waals surface area contributed by atoms with Crippen LogP contribution in [-0.2, 0) is 0 Å². The van der Waals surface area contributed by atoms with Gasteiger partial charge in [0, 0.05) is 0 Å². The maximum atomic E-state index is 5.77. The van der Waals surface area contributed by atoms with E-state index in [1.807, 2.05) is 0 Å².